The van der Waals surface area contributed by atoms with Gasteiger partial charge in [-0.1, -0.05) is 4.52 Å². The molecule has 0 amide bonds. The molecule has 6 nitrogen and oxygen atoms in total. The van der Waals surface area contributed by atoms with Gasteiger partial charge in [0.05, 0.1) is 24.1 Å². The van der Waals surface area contributed by atoms with Gasteiger partial charge in [0.15, 0.2) is 0 Å². The van der Waals surface area contributed by atoms with Crippen molar-refractivity contribution in [3.8, 4) is 0 Å². The van der Waals surface area contributed by atoms with Crippen molar-refractivity contribution >= 4 is 21.7 Å². The Morgan fingerprint density at radius 3 is 2.35 bits per heavy atom. The van der Waals surface area contributed by atoms with Gasteiger partial charge in [-0.05, 0) is 31.2 Å². The topological polar surface area (TPSA) is 85.2 Å². The second-order valence-corrected chi connectivity index (χ2v) is 4.81. The predicted octanol–water partition coefficient (Wildman–Crippen LogP) is 1.91. The van der Waals surface area contributed by atoms with Crippen LogP contribution < -0.4 is 0 Å². The largest absolute Gasteiger partial charge is 0.462 e. The summed E-state index contributed by atoms with van der Waals surface area (Å²) in [5.41, 5.74) is 0.730. The molecule has 7 heteroatoms. The maximum absolute atomic E-state index is 11.3. The highest BCUT2D eigenvalue weighted by molar-refractivity contribution is 7.89. The maximum Gasteiger partial charge on any atom is 0.338 e. The summed E-state index contributed by atoms with van der Waals surface area (Å²) in [6.07, 6.45) is 0.948. The fourth-order valence-electron chi connectivity index (χ4n) is 1.000. The first-order valence-corrected chi connectivity index (χ1v) is 6.67. The molecule has 0 N–H and O–H groups in total. The van der Waals surface area contributed by atoms with E-state index in [1.165, 1.54) is 24.3 Å². The number of carbonyl (C=O) groups excluding carboxylic acids is 1. The first-order valence-electron chi connectivity index (χ1n) is 4.82. The lowest BCUT2D eigenvalue weighted by atomic mass is 10.2. The van der Waals surface area contributed by atoms with E-state index in [1.807, 2.05) is 0 Å². The van der Waals surface area contributed by atoms with Crippen molar-refractivity contribution in [2.24, 2.45) is 9.63 Å². The van der Waals surface area contributed by atoms with Crippen LogP contribution in [0.25, 0.3) is 0 Å². The summed E-state index contributed by atoms with van der Waals surface area (Å²) < 4.78 is 29.4. The van der Waals surface area contributed by atoms with E-state index in [2.05, 4.69) is 9.63 Å². The van der Waals surface area contributed by atoms with Crippen molar-refractivity contribution in [1.82, 2.24) is 0 Å². The summed E-state index contributed by atoms with van der Waals surface area (Å²) in [5.74, 6) is -0.431. The summed E-state index contributed by atoms with van der Waals surface area (Å²) in [6.45, 7) is 2.01. The van der Waals surface area contributed by atoms with Crippen LogP contribution in [0.5, 0.6) is 0 Å². The van der Waals surface area contributed by atoms with E-state index in [1.54, 1.807) is 6.92 Å². The molecular formula is C10H12N2O4S. The number of sulfonamides is 1. The zero-order chi connectivity index (χ0) is 12.9. The Balaban J connectivity index is 2.82. The summed E-state index contributed by atoms with van der Waals surface area (Å²) in [7, 11) is -3.49. The minimum atomic E-state index is -3.49. The third kappa shape index (κ3) is 4.73. The third-order valence-electron chi connectivity index (χ3n) is 1.68. The smallest absolute Gasteiger partial charge is 0.338 e. The molecule has 0 saturated heterocycles. The molecule has 0 aliphatic carbocycles. The van der Waals surface area contributed by atoms with Crippen LogP contribution in [0.2, 0.25) is 0 Å². The normalized spacial score (nSPS) is 11.6. The zero-order valence-electron chi connectivity index (χ0n) is 9.45. The van der Waals surface area contributed by atoms with Gasteiger partial charge in [-0.25, -0.2) is 13.2 Å². The van der Waals surface area contributed by atoms with Gasteiger partial charge in [0, 0.05) is 0 Å². The standard InChI is InChI=1S/C10H12N2O4S/c1-3-16-10(13)8-4-6-9(7-5-8)11-12-17(2,14)15/h4-7H,3H2,1-2H3. The van der Waals surface area contributed by atoms with Crippen LogP contribution in [-0.2, 0) is 14.8 Å². The number of ether oxygens (including phenoxy) is 1. The van der Waals surface area contributed by atoms with Crippen molar-refractivity contribution in [2.45, 2.75) is 6.92 Å². The Kier molecular flexibility index (Phi) is 4.33. The lowest BCUT2D eigenvalue weighted by Gasteiger charge is -2.00. The van der Waals surface area contributed by atoms with Crippen LogP contribution in [0.4, 0.5) is 5.69 Å². The average Bonchev–Trinajstić information content (AvgIpc) is 2.26. The number of esters is 1. The highest BCUT2D eigenvalue weighted by Crippen LogP contribution is 2.14. The van der Waals surface area contributed by atoms with Crippen molar-refractivity contribution in [3.63, 3.8) is 0 Å². The average molecular weight is 256 g/mol. The van der Waals surface area contributed by atoms with Crippen molar-refractivity contribution in [2.75, 3.05) is 12.9 Å². The van der Waals surface area contributed by atoms with Crippen molar-refractivity contribution in [3.05, 3.63) is 29.8 Å². The van der Waals surface area contributed by atoms with E-state index >= 15 is 0 Å². The molecule has 1 aromatic rings. The van der Waals surface area contributed by atoms with Crippen molar-refractivity contribution in [1.29, 1.82) is 0 Å². The lowest BCUT2D eigenvalue weighted by Crippen LogP contribution is -2.03. The van der Waals surface area contributed by atoms with Gasteiger partial charge in [-0.15, -0.1) is 5.11 Å². The molecule has 0 fully saturated rings. The molecule has 0 radical (unpaired) electrons. The van der Waals surface area contributed by atoms with Crippen LogP contribution in [-0.4, -0.2) is 27.2 Å². The fourth-order valence-corrected chi connectivity index (χ4v) is 1.24. The van der Waals surface area contributed by atoms with Gasteiger partial charge < -0.3 is 4.74 Å². The van der Waals surface area contributed by atoms with Crippen LogP contribution >= 0.6 is 0 Å². The van der Waals surface area contributed by atoms with Gasteiger partial charge >= 0.3 is 5.97 Å². The van der Waals surface area contributed by atoms with Gasteiger partial charge in [0.2, 0.25) is 0 Å². The second kappa shape index (κ2) is 5.53. The van der Waals surface area contributed by atoms with Crippen molar-refractivity contribution < 1.29 is 17.9 Å². The van der Waals surface area contributed by atoms with Gasteiger partial charge in [-0.2, -0.15) is 0 Å². The molecule has 1 rings (SSSR count). The van der Waals surface area contributed by atoms with E-state index in [4.69, 9.17) is 4.74 Å². The second-order valence-electron chi connectivity index (χ2n) is 3.18. The molecule has 1 aromatic carbocycles. The Morgan fingerprint density at radius 2 is 1.88 bits per heavy atom. The number of nitrogens with zero attached hydrogens (tertiary/aromatic N) is 2. The van der Waals surface area contributed by atoms with E-state index in [0.717, 1.165) is 6.26 Å². The Bertz CT molecular complexity index is 520. The van der Waals surface area contributed by atoms with Gasteiger partial charge in [-0.3, -0.25) is 0 Å². The first-order chi connectivity index (χ1) is 7.92. The number of rotatable bonds is 4. The highest BCUT2D eigenvalue weighted by atomic mass is 32.2. The van der Waals surface area contributed by atoms with E-state index < -0.39 is 16.0 Å². The number of hydrogen-bond acceptors (Lipinski definition) is 5. The number of benzene rings is 1. The molecule has 0 aliphatic heterocycles. The fraction of sp³-hybridized carbons (Fsp3) is 0.300. The summed E-state index contributed by atoms with van der Waals surface area (Å²) in [5, 5.41) is 3.51. The third-order valence-corrected chi connectivity index (χ3v) is 2.06. The summed E-state index contributed by atoms with van der Waals surface area (Å²) >= 11 is 0. The lowest BCUT2D eigenvalue weighted by molar-refractivity contribution is 0.0526. The number of hydrogen-bond donors (Lipinski definition) is 0. The Hall–Kier alpha value is -1.76. The molecule has 0 aliphatic rings. The molecule has 17 heavy (non-hydrogen) atoms. The Morgan fingerprint density at radius 1 is 1.29 bits per heavy atom. The molecule has 0 bridgehead atoms. The minimum Gasteiger partial charge on any atom is -0.462 e. The SMILES string of the molecule is CCOC(=O)c1ccc(N=NS(C)(=O)=O)cc1. The monoisotopic (exact) mass is 256 g/mol. The maximum atomic E-state index is 11.3. The summed E-state index contributed by atoms with van der Waals surface area (Å²) in [4.78, 5) is 11.3. The molecule has 0 saturated carbocycles. The van der Waals surface area contributed by atoms with Gasteiger partial charge in [0.1, 0.15) is 0 Å². The minimum absolute atomic E-state index is 0.300. The molecule has 0 spiro atoms. The van der Waals surface area contributed by atoms with Crippen LogP contribution in [0.3, 0.4) is 0 Å². The van der Waals surface area contributed by atoms with Gasteiger partial charge in [0.25, 0.3) is 10.0 Å². The quantitative estimate of drug-likeness (QED) is 0.608. The van der Waals surface area contributed by atoms with E-state index in [0.29, 0.717) is 17.9 Å². The molecule has 92 valence electrons. The zero-order valence-corrected chi connectivity index (χ0v) is 10.3. The molecule has 0 heterocycles. The summed E-state index contributed by atoms with van der Waals surface area (Å²) in [6, 6.07) is 5.96. The number of carbonyl (C=O) groups is 1. The molecule has 0 aromatic heterocycles. The van der Waals surface area contributed by atoms with Crippen LogP contribution in [0.15, 0.2) is 33.9 Å². The van der Waals surface area contributed by atoms with Crippen LogP contribution in [0.1, 0.15) is 17.3 Å². The molecule has 0 atom stereocenters. The molecule has 0 unspecified atom stereocenters. The molecular weight excluding hydrogens is 244 g/mol. The Labute approximate surface area is 99.4 Å². The highest BCUT2D eigenvalue weighted by Gasteiger charge is 2.05. The van der Waals surface area contributed by atoms with E-state index in [-0.39, 0.29) is 0 Å². The van der Waals surface area contributed by atoms with Crippen LogP contribution in [0, 0.1) is 0 Å². The predicted molar refractivity (Wildman–Crippen MR) is 61.8 cm³/mol. The van der Waals surface area contributed by atoms with E-state index in [9.17, 15) is 13.2 Å². The first kappa shape index (κ1) is 13.3.